The van der Waals surface area contributed by atoms with Crippen LogP contribution in [0, 0.1) is 20.8 Å². The second kappa shape index (κ2) is 6.05. The smallest absolute Gasteiger partial charge is 0.266 e. The largest absolute Gasteiger partial charge is 0.481 e. The summed E-state index contributed by atoms with van der Waals surface area (Å²) in [6.07, 6.45) is -0.570. The minimum absolute atomic E-state index is 0.194. The van der Waals surface area contributed by atoms with Gasteiger partial charge in [0.05, 0.1) is 5.69 Å². The van der Waals surface area contributed by atoms with Gasteiger partial charge in [-0.1, -0.05) is 12.1 Å². The summed E-state index contributed by atoms with van der Waals surface area (Å²) in [5.41, 5.74) is 3.02. The number of hydrogen-bond acceptors (Lipinski definition) is 4. The third kappa shape index (κ3) is 3.57. The van der Waals surface area contributed by atoms with E-state index >= 15 is 0 Å². The molecule has 5 heteroatoms. The molecule has 2 aromatic rings. The summed E-state index contributed by atoms with van der Waals surface area (Å²) in [7, 11) is 0. The molecule has 0 aliphatic rings. The van der Waals surface area contributed by atoms with Crippen LogP contribution in [0.3, 0.4) is 0 Å². The zero-order valence-corrected chi connectivity index (χ0v) is 12.9. The molecule has 0 radical (unpaired) electrons. The maximum absolute atomic E-state index is 12.1. The van der Waals surface area contributed by atoms with Gasteiger partial charge in [0.1, 0.15) is 5.75 Å². The fourth-order valence-corrected chi connectivity index (χ4v) is 2.39. The molecule has 0 spiro atoms. The lowest BCUT2D eigenvalue weighted by atomic mass is 10.1. The molecule has 1 aromatic carbocycles. The van der Waals surface area contributed by atoms with Crippen molar-refractivity contribution in [2.75, 3.05) is 5.32 Å². The van der Waals surface area contributed by atoms with Crippen LogP contribution >= 0.6 is 11.3 Å². The molecule has 1 atom stereocenters. The van der Waals surface area contributed by atoms with Crippen molar-refractivity contribution in [2.45, 2.75) is 33.8 Å². The Morgan fingerprint density at radius 1 is 1.35 bits per heavy atom. The Bertz CT molecular complexity index is 622. The van der Waals surface area contributed by atoms with E-state index < -0.39 is 6.10 Å². The third-order valence-electron chi connectivity index (χ3n) is 2.87. The first-order valence-electron chi connectivity index (χ1n) is 6.42. The molecule has 2 rings (SSSR count). The topological polar surface area (TPSA) is 51.2 Å². The Kier molecular flexibility index (Phi) is 4.39. The number of ether oxygens (including phenoxy) is 1. The Labute approximate surface area is 122 Å². The predicted molar refractivity (Wildman–Crippen MR) is 81.5 cm³/mol. The number of carbonyl (C=O) groups is 1. The van der Waals surface area contributed by atoms with E-state index in [2.05, 4.69) is 10.3 Å². The zero-order chi connectivity index (χ0) is 14.7. The van der Waals surface area contributed by atoms with Crippen LogP contribution in [0.15, 0.2) is 23.6 Å². The number of hydrogen-bond donors (Lipinski definition) is 1. The molecule has 1 amide bonds. The van der Waals surface area contributed by atoms with Gasteiger partial charge >= 0.3 is 0 Å². The molecule has 1 heterocycles. The van der Waals surface area contributed by atoms with E-state index in [-0.39, 0.29) is 5.91 Å². The number of rotatable bonds is 4. The Hall–Kier alpha value is -1.88. The highest BCUT2D eigenvalue weighted by Gasteiger charge is 2.17. The second-order valence-corrected chi connectivity index (χ2v) is 5.67. The molecule has 0 aliphatic carbocycles. The molecule has 0 saturated heterocycles. The van der Waals surface area contributed by atoms with E-state index in [0.29, 0.717) is 5.13 Å². The van der Waals surface area contributed by atoms with Crippen LogP contribution in [-0.2, 0) is 4.79 Å². The van der Waals surface area contributed by atoms with Gasteiger partial charge in [-0.2, -0.15) is 0 Å². The van der Waals surface area contributed by atoms with Crippen molar-refractivity contribution in [1.29, 1.82) is 0 Å². The Balaban J connectivity index is 2.02. The molecule has 0 saturated carbocycles. The van der Waals surface area contributed by atoms with Crippen LogP contribution in [0.5, 0.6) is 5.75 Å². The summed E-state index contributed by atoms with van der Waals surface area (Å²) >= 11 is 1.41. The van der Waals surface area contributed by atoms with Crippen LogP contribution in [0.1, 0.15) is 23.7 Å². The fraction of sp³-hybridized carbons (Fsp3) is 0.333. The SMILES string of the molecule is Cc1ccc(C)c(O[C@H](C)C(=O)Nc2nc(C)cs2)c1. The van der Waals surface area contributed by atoms with E-state index in [0.717, 1.165) is 22.6 Å². The highest BCUT2D eigenvalue weighted by Crippen LogP contribution is 2.21. The number of carbonyl (C=O) groups excluding carboxylic acids is 1. The summed E-state index contributed by atoms with van der Waals surface area (Å²) in [5, 5.41) is 5.26. The van der Waals surface area contributed by atoms with Crippen LogP contribution in [0.2, 0.25) is 0 Å². The van der Waals surface area contributed by atoms with Crippen molar-refractivity contribution >= 4 is 22.4 Å². The van der Waals surface area contributed by atoms with Gasteiger partial charge in [0.15, 0.2) is 11.2 Å². The summed E-state index contributed by atoms with van der Waals surface area (Å²) in [5.74, 6) is 0.545. The highest BCUT2D eigenvalue weighted by molar-refractivity contribution is 7.13. The number of nitrogens with zero attached hydrogens (tertiary/aromatic N) is 1. The van der Waals surface area contributed by atoms with E-state index in [9.17, 15) is 4.79 Å². The van der Waals surface area contributed by atoms with Crippen LogP contribution in [0.4, 0.5) is 5.13 Å². The number of benzene rings is 1. The number of thiazole rings is 1. The van der Waals surface area contributed by atoms with Crippen molar-refractivity contribution in [1.82, 2.24) is 4.98 Å². The van der Waals surface area contributed by atoms with Gasteiger partial charge in [0.2, 0.25) is 0 Å². The molecular weight excluding hydrogens is 272 g/mol. The lowest BCUT2D eigenvalue weighted by Gasteiger charge is -2.15. The van der Waals surface area contributed by atoms with Gasteiger partial charge in [-0.05, 0) is 44.9 Å². The van der Waals surface area contributed by atoms with Crippen molar-refractivity contribution in [3.63, 3.8) is 0 Å². The van der Waals surface area contributed by atoms with Crippen molar-refractivity contribution in [2.24, 2.45) is 0 Å². The first kappa shape index (κ1) is 14.5. The summed E-state index contributed by atoms with van der Waals surface area (Å²) in [6, 6.07) is 5.94. The third-order valence-corrected chi connectivity index (χ3v) is 3.74. The fourth-order valence-electron chi connectivity index (χ4n) is 1.70. The normalized spacial score (nSPS) is 12.0. The van der Waals surface area contributed by atoms with Crippen molar-refractivity contribution in [3.8, 4) is 5.75 Å². The number of nitrogens with one attached hydrogen (secondary N) is 1. The second-order valence-electron chi connectivity index (χ2n) is 4.81. The van der Waals surface area contributed by atoms with E-state index in [1.54, 1.807) is 6.92 Å². The van der Waals surface area contributed by atoms with Gasteiger partial charge in [0.25, 0.3) is 5.91 Å². The Morgan fingerprint density at radius 3 is 2.75 bits per heavy atom. The van der Waals surface area contributed by atoms with Crippen molar-refractivity contribution < 1.29 is 9.53 Å². The molecule has 0 fully saturated rings. The van der Waals surface area contributed by atoms with E-state index in [1.165, 1.54) is 11.3 Å². The van der Waals surface area contributed by atoms with Crippen LogP contribution in [-0.4, -0.2) is 17.0 Å². The Morgan fingerprint density at radius 2 is 2.10 bits per heavy atom. The van der Waals surface area contributed by atoms with Crippen LogP contribution < -0.4 is 10.1 Å². The van der Waals surface area contributed by atoms with Gasteiger partial charge in [0, 0.05) is 5.38 Å². The van der Waals surface area contributed by atoms with Gasteiger partial charge < -0.3 is 4.74 Å². The lowest BCUT2D eigenvalue weighted by molar-refractivity contribution is -0.122. The number of anilines is 1. The first-order valence-corrected chi connectivity index (χ1v) is 7.30. The number of aryl methyl sites for hydroxylation is 3. The quantitative estimate of drug-likeness (QED) is 0.938. The van der Waals surface area contributed by atoms with Crippen LogP contribution in [0.25, 0.3) is 0 Å². The van der Waals surface area contributed by atoms with Gasteiger partial charge in [-0.25, -0.2) is 4.98 Å². The molecular formula is C15H18N2O2S. The predicted octanol–water partition coefficient (Wildman–Crippen LogP) is 3.47. The summed E-state index contributed by atoms with van der Waals surface area (Å²) in [6.45, 7) is 7.58. The standard InChI is InChI=1S/C15H18N2O2S/c1-9-5-6-10(2)13(7-9)19-12(4)14(18)17-15-16-11(3)8-20-15/h5-8,12H,1-4H3,(H,16,17,18)/t12-/m1/s1. The molecule has 1 aromatic heterocycles. The number of amides is 1. The minimum Gasteiger partial charge on any atom is -0.481 e. The summed E-state index contributed by atoms with van der Waals surface area (Å²) < 4.78 is 5.73. The maximum Gasteiger partial charge on any atom is 0.266 e. The van der Waals surface area contributed by atoms with Gasteiger partial charge in [-0.15, -0.1) is 11.3 Å². The molecule has 1 N–H and O–H groups in total. The molecule has 0 bridgehead atoms. The average molecular weight is 290 g/mol. The number of aromatic nitrogens is 1. The molecule has 106 valence electrons. The molecule has 4 nitrogen and oxygen atoms in total. The van der Waals surface area contributed by atoms with Gasteiger partial charge in [-0.3, -0.25) is 10.1 Å². The lowest BCUT2D eigenvalue weighted by Crippen LogP contribution is -2.30. The molecule has 0 unspecified atom stereocenters. The van der Waals surface area contributed by atoms with Crippen molar-refractivity contribution in [3.05, 3.63) is 40.4 Å². The maximum atomic E-state index is 12.1. The monoisotopic (exact) mass is 290 g/mol. The molecule has 20 heavy (non-hydrogen) atoms. The summed E-state index contributed by atoms with van der Waals surface area (Å²) in [4.78, 5) is 16.3. The minimum atomic E-state index is -0.570. The average Bonchev–Trinajstić information content (AvgIpc) is 2.79. The zero-order valence-electron chi connectivity index (χ0n) is 12.1. The molecule has 0 aliphatic heterocycles. The highest BCUT2D eigenvalue weighted by atomic mass is 32.1. The van der Waals surface area contributed by atoms with E-state index in [4.69, 9.17) is 4.74 Å². The first-order chi connectivity index (χ1) is 9.45. The van der Waals surface area contributed by atoms with E-state index in [1.807, 2.05) is 44.4 Å².